The van der Waals surface area contributed by atoms with Crippen molar-refractivity contribution in [2.24, 2.45) is 0 Å². The molecular formula is C17H19NO3. The maximum atomic E-state index is 11.4. The first-order chi connectivity index (χ1) is 10.2. The molecule has 1 heterocycles. The molecule has 1 fully saturated rings. The number of aromatic carboxylic acids is 1. The minimum atomic E-state index is -0.883. The minimum absolute atomic E-state index is 0.356. The number of nitrogens with zero attached hydrogens (tertiary/aromatic N) is 1. The average molecular weight is 285 g/mol. The van der Waals surface area contributed by atoms with Gasteiger partial charge in [0.2, 0.25) is 0 Å². The highest BCUT2D eigenvalue weighted by Gasteiger charge is 2.21. The molecule has 1 N–H and O–H groups in total. The molecule has 0 bridgehead atoms. The van der Waals surface area contributed by atoms with Crippen molar-refractivity contribution < 1.29 is 14.6 Å². The largest absolute Gasteiger partial charge is 0.478 e. The van der Waals surface area contributed by atoms with Gasteiger partial charge in [-0.2, -0.15) is 0 Å². The van der Waals surface area contributed by atoms with Gasteiger partial charge in [0.15, 0.2) is 0 Å². The van der Waals surface area contributed by atoms with Crippen LogP contribution in [0.15, 0.2) is 36.4 Å². The van der Waals surface area contributed by atoms with E-state index in [1.54, 1.807) is 6.07 Å². The fourth-order valence-electron chi connectivity index (χ4n) is 3.05. The molecule has 0 unspecified atom stereocenters. The van der Waals surface area contributed by atoms with Crippen LogP contribution >= 0.6 is 0 Å². The quantitative estimate of drug-likeness (QED) is 0.941. The zero-order valence-corrected chi connectivity index (χ0v) is 12.1. The van der Waals surface area contributed by atoms with E-state index in [0.29, 0.717) is 11.6 Å². The lowest BCUT2D eigenvalue weighted by molar-refractivity contribution is 0.0699. The van der Waals surface area contributed by atoms with Gasteiger partial charge in [-0.1, -0.05) is 24.3 Å². The summed E-state index contributed by atoms with van der Waals surface area (Å²) in [6, 6.07) is 11.8. The van der Waals surface area contributed by atoms with E-state index in [1.165, 1.54) is 0 Å². The van der Waals surface area contributed by atoms with Crippen molar-refractivity contribution in [3.05, 3.63) is 42.0 Å². The van der Waals surface area contributed by atoms with Gasteiger partial charge in [0, 0.05) is 37.4 Å². The van der Waals surface area contributed by atoms with Gasteiger partial charge in [-0.25, -0.2) is 4.79 Å². The summed E-state index contributed by atoms with van der Waals surface area (Å²) < 4.78 is 5.42. The normalized spacial score (nSPS) is 16.0. The standard InChI is InChI=1S/C17H19NO3/c1-18(12-8-10-21-11-9-12)16-7-6-15(17(19)20)13-4-2-3-5-14(13)16/h2-7,12H,8-11H2,1H3,(H,19,20). The van der Waals surface area contributed by atoms with Crippen molar-refractivity contribution in [3.63, 3.8) is 0 Å². The number of fused-ring (bicyclic) bond motifs is 1. The van der Waals surface area contributed by atoms with Crippen LogP contribution in [0.1, 0.15) is 23.2 Å². The molecule has 1 aliphatic rings. The van der Waals surface area contributed by atoms with Gasteiger partial charge in [0.1, 0.15) is 0 Å². The van der Waals surface area contributed by atoms with Crippen molar-refractivity contribution in [1.82, 2.24) is 0 Å². The Hall–Kier alpha value is -2.07. The maximum Gasteiger partial charge on any atom is 0.336 e. The van der Waals surface area contributed by atoms with Gasteiger partial charge in [-0.3, -0.25) is 0 Å². The number of anilines is 1. The molecule has 0 amide bonds. The predicted molar refractivity (Wildman–Crippen MR) is 83.2 cm³/mol. The van der Waals surface area contributed by atoms with Crippen molar-refractivity contribution in [3.8, 4) is 0 Å². The Morgan fingerprint density at radius 3 is 2.48 bits per heavy atom. The second-order valence-electron chi connectivity index (χ2n) is 5.44. The Morgan fingerprint density at radius 2 is 1.81 bits per heavy atom. The molecule has 4 heteroatoms. The first-order valence-electron chi connectivity index (χ1n) is 7.24. The van der Waals surface area contributed by atoms with Gasteiger partial charge in [0.05, 0.1) is 5.56 Å². The molecule has 21 heavy (non-hydrogen) atoms. The van der Waals surface area contributed by atoms with Crippen LogP contribution in [0.25, 0.3) is 10.8 Å². The molecule has 0 aliphatic carbocycles. The molecule has 2 aromatic carbocycles. The smallest absolute Gasteiger partial charge is 0.336 e. The maximum absolute atomic E-state index is 11.4. The summed E-state index contributed by atoms with van der Waals surface area (Å²) in [5, 5.41) is 11.1. The van der Waals surface area contributed by atoms with Gasteiger partial charge in [-0.05, 0) is 30.4 Å². The number of carboxylic acid groups (broad SMARTS) is 1. The highest BCUT2D eigenvalue weighted by Crippen LogP contribution is 2.31. The van der Waals surface area contributed by atoms with E-state index in [2.05, 4.69) is 11.9 Å². The molecule has 1 aliphatic heterocycles. The molecule has 110 valence electrons. The minimum Gasteiger partial charge on any atom is -0.478 e. The van der Waals surface area contributed by atoms with Gasteiger partial charge in [0.25, 0.3) is 0 Å². The van der Waals surface area contributed by atoms with Gasteiger partial charge < -0.3 is 14.7 Å². The number of ether oxygens (including phenoxy) is 1. The highest BCUT2D eigenvalue weighted by molar-refractivity contribution is 6.07. The third-order valence-corrected chi connectivity index (χ3v) is 4.25. The van der Waals surface area contributed by atoms with Gasteiger partial charge in [-0.15, -0.1) is 0 Å². The fourth-order valence-corrected chi connectivity index (χ4v) is 3.05. The first-order valence-corrected chi connectivity index (χ1v) is 7.24. The van der Waals surface area contributed by atoms with Crippen molar-refractivity contribution >= 4 is 22.4 Å². The molecule has 0 atom stereocenters. The van der Waals surface area contributed by atoms with Crippen LogP contribution in [0.3, 0.4) is 0 Å². The van der Waals surface area contributed by atoms with Crippen LogP contribution in [0.4, 0.5) is 5.69 Å². The second kappa shape index (κ2) is 5.74. The summed E-state index contributed by atoms with van der Waals surface area (Å²) in [6.45, 7) is 1.58. The summed E-state index contributed by atoms with van der Waals surface area (Å²) >= 11 is 0. The monoisotopic (exact) mass is 285 g/mol. The van der Waals surface area contributed by atoms with Crippen molar-refractivity contribution in [2.75, 3.05) is 25.2 Å². The molecule has 0 radical (unpaired) electrons. The Morgan fingerprint density at radius 1 is 1.14 bits per heavy atom. The molecule has 1 saturated heterocycles. The van der Waals surface area contributed by atoms with Crippen LogP contribution in [0, 0.1) is 0 Å². The number of hydrogen-bond donors (Lipinski definition) is 1. The Balaban J connectivity index is 2.06. The number of hydrogen-bond acceptors (Lipinski definition) is 3. The van der Waals surface area contributed by atoms with E-state index in [-0.39, 0.29) is 0 Å². The van der Waals surface area contributed by atoms with Crippen molar-refractivity contribution in [2.45, 2.75) is 18.9 Å². The van der Waals surface area contributed by atoms with Crippen LogP contribution in [-0.4, -0.2) is 37.4 Å². The van der Waals surface area contributed by atoms with Crippen LogP contribution in [-0.2, 0) is 4.74 Å². The molecule has 0 aromatic heterocycles. The lowest BCUT2D eigenvalue weighted by Gasteiger charge is -2.33. The van der Waals surface area contributed by atoms with Crippen molar-refractivity contribution in [1.29, 1.82) is 0 Å². The second-order valence-corrected chi connectivity index (χ2v) is 5.44. The first kappa shape index (κ1) is 13.9. The van der Waals surface area contributed by atoms with E-state index in [4.69, 9.17) is 4.74 Å². The van der Waals surface area contributed by atoms with E-state index >= 15 is 0 Å². The lowest BCUT2D eigenvalue weighted by atomic mass is 10.00. The Labute approximate surface area is 123 Å². The molecule has 4 nitrogen and oxygen atoms in total. The summed E-state index contributed by atoms with van der Waals surface area (Å²) in [6.07, 6.45) is 2.01. The van der Waals surface area contributed by atoms with E-state index < -0.39 is 5.97 Å². The third-order valence-electron chi connectivity index (χ3n) is 4.25. The third kappa shape index (κ3) is 2.59. The Bertz CT molecular complexity index is 662. The average Bonchev–Trinajstić information content (AvgIpc) is 2.54. The van der Waals surface area contributed by atoms with E-state index in [0.717, 1.165) is 42.5 Å². The zero-order chi connectivity index (χ0) is 14.8. The number of carboxylic acids is 1. The zero-order valence-electron chi connectivity index (χ0n) is 12.1. The molecule has 2 aromatic rings. The summed E-state index contributed by atoms with van der Waals surface area (Å²) in [5.41, 5.74) is 1.44. The summed E-state index contributed by atoms with van der Waals surface area (Å²) in [5.74, 6) is -0.883. The number of rotatable bonds is 3. The van der Waals surface area contributed by atoms with Gasteiger partial charge >= 0.3 is 5.97 Å². The number of carbonyl (C=O) groups is 1. The van der Waals surface area contributed by atoms with Crippen LogP contribution < -0.4 is 4.90 Å². The van der Waals surface area contributed by atoms with E-state index in [9.17, 15) is 9.90 Å². The van der Waals surface area contributed by atoms with E-state index in [1.807, 2.05) is 30.3 Å². The number of benzene rings is 2. The highest BCUT2D eigenvalue weighted by atomic mass is 16.5. The topological polar surface area (TPSA) is 49.8 Å². The lowest BCUT2D eigenvalue weighted by Crippen LogP contribution is -2.36. The predicted octanol–water partition coefficient (Wildman–Crippen LogP) is 3.15. The summed E-state index contributed by atoms with van der Waals surface area (Å²) in [7, 11) is 2.08. The fraction of sp³-hybridized carbons (Fsp3) is 0.353. The molecule has 0 spiro atoms. The Kier molecular flexibility index (Phi) is 3.80. The SMILES string of the molecule is CN(c1ccc(C(=O)O)c2ccccc12)C1CCOCC1. The molecule has 3 rings (SSSR count). The molecular weight excluding hydrogens is 266 g/mol. The van der Waals surface area contributed by atoms with Crippen LogP contribution in [0.5, 0.6) is 0 Å². The van der Waals surface area contributed by atoms with Crippen LogP contribution in [0.2, 0.25) is 0 Å². The molecule has 0 saturated carbocycles. The summed E-state index contributed by atoms with van der Waals surface area (Å²) in [4.78, 5) is 13.6.